The lowest BCUT2D eigenvalue weighted by atomic mass is 9.78. The maximum Gasteiger partial charge on any atom is 0.137 e. The third-order valence-electron chi connectivity index (χ3n) is 10.8. The lowest BCUT2D eigenvalue weighted by molar-refractivity contribution is 0.564. The van der Waals surface area contributed by atoms with Gasteiger partial charge in [-0.15, -0.1) is 0 Å². The molecular weight excluding hydrogens is 546 g/mol. The number of fused-ring (bicyclic) bond motifs is 9. The summed E-state index contributed by atoms with van der Waals surface area (Å²) in [5, 5.41) is 2.27. The van der Waals surface area contributed by atoms with Crippen LogP contribution in [-0.4, -0.2) is 0 Å². The van der Waals surface area contributed by atoms with Crippen LogP contribution in [0.25, 0.3) is 44.2 Å². The summed E-state index contributed by atoms with van der Waals surface area (Å²) in [4.78, 5) is 2.50. The Bertz CT molecular complexity index is 2320. The van der Waals surface area contributed by atoms with Crippen molar-refractivity contribution in [2.24, 2.45) is 0 Å². The Morgan fingerprint density at radius 2 is 1.20 bits per heavy atom. The van der Waals surface area contributed by atoms with Crippen molar-refractivity contribution in [1.82, 2.24) is 0 Å². The van der Waals surface area contributed by atoms with E-state index in [1.54, 1.807) is 0 Å². The Labute approximate surface area is 264 Å². The zero-order valence-corrected chi connectivity index (χ0v) is 26.2. The normalized spacial score (nSPS) is 17.2. The molecule has 1 aromatic heterocycles. The van der Waals surface area contributed by atoms with Gasteiger partial charge in [-0.1, -0.05) is 119 Å². The van der Waals surface area contributed by atoms with Crippen molar-refractivity contribution in [1.29, 1.82) is 0 Å². The summed E-state index contributed by atoms with van der Waals surface area (Å²) in [6.07, 6.45) is 1.04. The number of rotatable bonds is 4. The maximum absolute atomic E-state index is 6.44. The van der Waals surface area contributed by atoms with Gasteiger partial charge in [-0.05, 0) is 81.8 Å². The molecule has 218 valence electrons. The molecular formula is C43H35NO. The van der Waals surface area contributed by atoms with Crippen LogP contribution in [0.1, 0.15) is 56.4 Å². The lowest BCUT2D eigenvalue weighted by Crippen LogP contribution is -2.19. The number of hydrogen-bond acceptors (Lipinski definition) is 2. The van der Waals surface area contributed by atoms with Gasteiger partial charge in [-0.2, -0.15) is 0 Å². The fourth-order valence-corrected chi connectivity index (χ4v) is 8.36. The minimum atomic E-state index is -0.103. The lowest BCUT2D eigenvalue weighted by Gasteiger charge is -2.31. The minimum Gasteiger partial charge on any atom is -0.456 e. The highest BCUT2D eigenvalue weighted by atomic mass is 16.3. The highest BCUT2D eigenvalue weighted by Crippen LogP contribution is 2.57. The predicted octanol–water partition coefficient (Wildman–Crippen LogP) is 12.1. The highest BCUT2D eigenvalue weighted by Gasteiger charge is 2.41. The minimum absolute atomic E-state index is 0.0521. The summed E-state index contributed by atoms with van der Waals surface area (Å²) < 4.78 is 6.44. The number of nitrogens with zero attached hydrogens (tertiary/aromatic N) is 1. The molecule has 0 saturated carbocycles. The fourth-order valence-electron chi connectivity index (χ4n) is 8.36. The van der Waals surface area contributed by atoms with Crippen LogP contribution in [0.15, 0.2) is 132 Å². The molecule has 2 aliphatic carbocycles. The van der Waals surface area contributed by atoms with Crippen molar-refractivity contribution in [3.63, 3.8) is 0 Å². The summed E-state index contributed by atoms with van der Waals surface area (Å²) in [7, 11) is 0. The zero-order valence-electron chi connectivity index (χ0n) is 26.2. The molecule has 0 aliphatic heterocycles. The Morgan fingerprint density at radius 1 is 0.556 bits per heavy atom. The van der Waals surface area contributed by atoms with E-state index >= 15 is 0 Å². The third-order valence-corrected chi connectivity index (χ3v) is 10.8. The highest BCUT2D eigenvalue weighted by molar-refractivity contribution is 6.14. The monoisotopic (exact) mass is 581 g/mol. The fraction of sp³-hybridized carbons (Fsp3) is 0.163. The number of furan rings is 1. The van der Waals surface area contributed by atoms with Gasteiger partial charge in [0, 0.05) is 27.5 Å². The molecule has 7 aromatic rings. The first kappa shape index (κ1) is 26.3. The molecule has 2 heteroatoms. The zero-order chi connectivity index (χ0) is 30.5. The van der Waals surface area contributed by atoms with E-state index < -0.39 is 0 Å². The third kappa shape index (κ3) is 3.45. The van der Waals surface area contributed by atoms with Crippen LogP contribution >= 0.6 is 0 Å². The smallest absolute Gasteiger partial charge is 0.137 e. The van der Waals surface area contributed by atoms with Gasteiger partial charge >= 0.3 is 0 Å². The van der Waals surface area contributed by atoms with Crippen molar-refractivity contribution in [2.75, 3.05) is 4.90 Å². The molecule has 1 heterocycles. The van der Waals surface area contributed by atoms with Crippen molar-refractivity contribution in [3.05, 3.63) is 150 Å². The van der Waals surface area contributed by atoms with E-state index in [0.29, 0.717) is 0 Å². The predicted molar refractivity (Wildman–Crippen MR) is 188 cm³/mol. The maximum atomic E-state index is 6.44. The van der Waals surface area contributed by atoms with E-state index in [2.05, 4.69) is 160 Å². The number of anilines is 3. The number of benzene rings is 6. The van der Waals surface area contributed by atoms with Crippen LogP contribution < -0.4 is 4.90 Å². The van der Waals surface area contributed by atoms with Crippen LogP contribution in [0.2, 0.25) is 0 Å². The van der Waals surface area contributed by atoms with E-state index in [9.17, 15) is 0 Å². The van der Waals surface area contributed by atoms with Crippen LogP contribution in [0.4, 0.5) is 17.1 Å². The molecule has 0 amide bonds. The van der Waals surface area contributed by atoms with E-state index in [1.165, 1.54) is 50.2 Å². The summed E-state index contributed by atoms with van der Waals surface area (Å²) in [6, 6.07) is 46.8. The second-order valence-electron chi connectivity index (χ2n) is 13.4. The van der Waals surface area contributed by atoms with Gasteiger partial charge < -0.3 is 9.32 Å². The van der Waals surface area contributed by atoms with Crippen LogP contribution in [0, 0.1) is 0 Å². The largest absolute Gasteiger partial charge is 0.456 e. The van der Waals surface area contributed by atoms with Crippen molar-refractivity contribution < 1.29 is 4.42 Å². The van der Waals surface area contributed by atoms with Crippen LogP contribution in [-0.2, 0) is 10.8 Å². The first-order valence-corrected chi connectivity index (χ1v) is 16.1. The van der Waals surface area contributed by atoms with Gasteiger partial charge in [0.2, 0.25) is 0 Å². The van der Waals surface area contributed by atoms with Crippen molar-refractivity contribution in [3.8, 4) is 22.3 Å². The first-order chi connectivity index (χ1) is 21.9. The van der Waals surface area contributed by atoms with Gasteiger partial charge in [-0.3, -0.25) is 0 Å². The quantitative estimate of drug-likeness (QED) is 0.206. The molecule has 1 unspecified atom stereocenters. The molecule has 9 rings (SSSR count). The Hall–Kier alpha value is -5.08. The van der Waals surface area contributed by atoms with Crippen LogP contribution in [0.5, 0.6) is 0 Å². The summed E-state index contributed by atoms with van der Waals surface area (Å²) >= 11 is 0. The Kier molecular flexibility index (Phi) is 5.39. The van der Waals surface area contributed by atoms with E-state index in [1.807, 2.05) is 0 Å². The topological polar surface area (TPSA) is 16.4 Å². The van der Waals surface area contributed by atoms with Crippen molar-refractivity contribution in [2.45, 2.75) is 44.9 Å². The Morgan fingerprint density at radius 3 is 2.04 bits per heavy atom. The molecule has 6 aromatic carbocycles. The first-order valence-electron chi connectivity index (χ1n) is 16.1. The van der Waals surface area contributed by atoms with E-state index in [4.69, 9.17) is 4.42 Å². The van der Waals surface area contributed by atoms with Crippen molar-refractivity contribution >= 4 is 39.0 Å². The number of para-hydroxylation sites is 1. The summed E-state index contributed by atoms with van der Waals surface area (Å²) in [6.45, 7) is 9.44. The standard InChI is InChI=1S/C43H35NO/c1-5-43(4)33-18-10-7-15-30(33)40-34(43)19-12-20-36(40)44(37-21-13-23-39-41(37)31-16-8-11-22-38(31)45-39)27-24-25-29-28-14-6-9-17-32(28)42(2,3)35(29)26-27/h6-26H,5H2,1-4H3. The van der Waals surface area contributed by atoms with Gasteiger partial charge in [-0.25, -0.2) is 0 Å². The van der Waals surface area contributed by atoms with Gasteiger partial charge in [0.25, 0.3) is 0 Å². The average Bonchev–Trinajstić information content (AvgIpc) is 3.66. The SMILES string of the molecule is CCC1(C)c2ccccc2-c2c(N(c3ccc4c(c3)C(C)(C)c3ccccc3-4)c3cccc4oc5ccccc5c34)cccc21. The summed E-state index contributed by atoms with van der Waals surface area (Å²) in [5.74, 6) is 0. The van der Waals surface area contributed by atoms with Crippen LogP contribution in [0.3, 0.4) is 0 Å². The second-order valence-corrected chi connectivity index (χ2v) is 13.4. The second kappa shape index (κ2) is 9.22. The van der Waals surface area contributed by atoms with E-state index in [0.717, 1.165) is 39.7 Å². The van der Waals surface area contributed by atoms with Gasteiger partial charge in [0.1, 0.15) is 11.2 Å². The molecule has 0 spiro atoms. The molecule has 1 atom stereocenters. The molecule has 2 nitrogen and oxygen atoms in total. The molecule has 0 N–H and O–H groups in total. The average molecular weight is 582 g/mol. The van der Waals surface area contributed by atoms with Gasteiger partial charge in [0.15, 0.2) is 0 Å². The van der Waals surface area contributed by atoms with Gasteiger partial charge in [0.05, 0.1) is 16.8 Å². The molecule has 0 saturated heterocycles. The molecule has 0 bridgehead atoms. The molecule has 45 heavy (non-hydrogen) atoms. The molecule has 0 radical (unpaired) electrons. The Balaban J connectivity index is 1.38. The molecule has 0 fully saturated rings. The molecule has 2 aliphatic rings. The van der Waals surface area contributed by atoms with E-state index in [-0.39, 0.29) is 10.8 Å². The summed E-state index contributed by atoms with van der Waals surface area (Å²) in [5.41, 5.74) is 16.0. The number of hydrogen-bond donors (Lipinski definition) is 0.